The summed E-state index contributed by atoms with van der Waals surface area (Å²) in [6.45, 7) is 1.13. The lowest BCUT2D eigenvalue weighted by atomic mass is 10.1. The van der Waals surface area contributed by atoms with Crippen molar-refractivity contribution < 1.29 is 13.6 Å². The minimum absolute atomic E-state index is 0.0663. The van der Waals surface area contributed by atoms with Crippen LogP contribution in [0.4, 0.5) is 26.2 Å². The molecule has 9 nitrogen and oxygen atoms in total. The molecule has 1 aliphatic carbocycles. The smallest absolute Gasteiger partial charge is 0.260 e. The monoisotopic (exact) mass is 404 g/mol. The van der Waals surface area contributed by atoms with Crippen molar-refractivity contribution in [3.05, 3.63) is 24.7 Å². The maximum Gasteiger partial charge on any atom is 0.260 e. The third-order valence-electron chi connectivity index (χ3n) is 6.00. The van der Waals surface area contributed by atoms with Gasteiger partial charge in [-0.2, -0.15) is 10.1 Å². The molecule has 1 saturated carbocycles. The van der Waals surface area contributed by atoms with E-state index in [0.717, 1.165) is 12.8 Å². The lowest BCUT2D eigenvalue weighted by molar-refractivity contribution is -0.138. The van der Waals surface area contributed by atoms with Crippen LogP contribution in [0.5, 0.6) is 0 Å². The summed E-state index contributed by atoms with van der Waals surface area (Å²) in [5.41, 5.74) is 0.658. The molecule has 11 heteroatoms. The minimum atomic E-state index is -2.83. The summed E-state index contributed by atoms with van der Waals surface area (Å²) in [7, 11) is 1.79. The lowest BCUT2D eigenvalue weighted by Crippen LogP contribution is -2.56. The number of aryl methyl sites for hydroxylation is 1. The maximum absolute atomic E-state index is 13.4. The highest BCUT2D eigenvalue weighted by Crippen LogP contribution is 2.51. The van der Waals surface area contributed by atoms with Gasteiger partial charge in [0.15, 0.2) is 0 Å². The van der Waals surface area contributed by atoms with E-state index in [4.69, 9.17) is 5.84 Å². The first-order valence-electron chi connectivity index (χ1n) is 9.65. The molecule has 29 heavy (non-hydrogen) atoms. The van der Waals surface area contributed by atoms with Crippen LogP contribution in [-0.4, -0.2) is 61.7 Å². The van der Waals surface area contributed by atoms with Crippen molar-refractivity contribution >= 4 is 23.4 Å². The molecule has 2 saturated heterocycles. The molecule has 5 rings (SSSR count). The Hall–Kier alpha value is -2.82. The quantitative estimate of drug-likeness (QED) is 0.601. The molecule has 3 fully saturated rings. The summed E-state index contributed by atoms with van der Waals surface area (Å²) < 4.78 is 28.4. The Bertz CT molecular complexity index is 935. The SMILES string of the molecule is Cn1cc(N(N)c2nccc(N3CC4CC[C@@H](C3)N4C(=O)[C@@H]3CC3(F)F)n2)cn1. The van der Waals surface area contributed by atoms with Gasteiger partial charge in [-0.1, -0.05) is 0 Å². The van der Waals surface area contributed by atoms with E-state index in [1.54, 1.807) is 41.3 Å². The summed E-state index contributed by atoms with van der Waals surface area (Å²) in [6.07, 6.45) is 6.34. The first-order chi connectivity index (χ1) is 13.8. The Morgan fingerprint density at radius 2 is 2.00 bits per heavy atom. The second kappa shape index (κ2) is 6.34. The van der Waals surface area contributed by atoms with Gasteiger partial charge in [0, 0.05) is 51.0 Å². The van der Waals surface area contributed by atoms with Gasteiger partial charge in [0.1, 0.15) is 11.7 Å². The van der Waals surface area contributed by atoms with Crippen molar-refractivity contribution in [2.45, 2.75) is 37.3 Å². The van der Waals surface area contributed by atoms with Gasteiger partial charge < -0.3 is 9.80 Å². The summed E-state index contributed by atoms with van der Waals surface area (Å²) in [5, 5.41) is 5.46. The molecular formula is C18H22F2N8O. The highest BCUT2D eigenvalue weighted by Gasteiger charge is 2.64. The number of nitrogens with two attached hydrogens (primary N) is 1. The number of nitrogens with zero attached hydrogens (tertiary/aromatic N) is 7. The Morgan fingerprint density at radius 3 is 2.59 bits per heavy atom. The number of anilines is 3. The Morgan fingerprint density at radius 1 is 1.31 bits per heavy atom. The summed E-state index contributed by atoms with van der Waals surface area (Å²) in [6, 6.07) is 1.67. The average molecular weight is 404 g/mol. The number of piperazine rings is 1. The van der Waals surface area contributed by atoms with Crippen LogP contribution in [-0.2, 0) is 11.8 Å². The fourth-order valence-corrected chi connectivity index (χ4v) is 4.39. The van der Waals surface area contributed by atoms with Crippen molar-refractivity contribution in [2.75, 3.05) is 23.0 Å². The fourth-order valence-electron chi connectivity index (χ4n) is 4.39. The molecule has 4 heterocycles. The van der Waals surface area contributed by atoms with E-state index in [0.29, 0.717) is 30.5 Å². The van der Waals surface area contributed by atoms with Gasteiger partial charge in [-0.25, -0.2) is 24.6 Å². The van der Waals surface area contributed by atoms with Crippen LogP contribution in [0.25, 0.3) is 0 Å². The largest absolute Gasteiger partial charge is 0.352 e. The van der Waals surface area contributed by atoms with E-state index in [2.05, 4.69) is 20.0 Å². The molecule has 3 atom stereocenters. The molecule has 2 aromatic heterocycles. The number of hydrogen-bond donors (Lipinski definition) is 1. The van der Waals surface area contributed by atoms with Crippen molar-refractivity contribution in [1.82, 2.24) is 24.6 Å². The number of hydrazine groups is 1. The summed E-state index contributed by atoms with van der Waals surface area (Å²) >= 11 is 0. The zero-order valence-electron chi connectivity index (χ0n) is 15.9. The predicted octanol–water partition coefficient (Wildman–Crippen LogP) is 1.06. The number of hydrogen-bond acceptors (Lipinski definition) is 7. The summed E-state index contributed by atoms with van der Waals surface area (Å²) in [5.74, 6) is 2.82. The van der Waals surface area contributed by atoms with Crippen LogP contribution in [0.1, 0.15) is 19.3 Å². The molecule has 2 aromatic rings. The summed E-state index contributed by atoms with van der Waals surface area (Å²) in [4.78, 5) is 25.2. The molecule has 154 valence electrons. The Balaban J connectivity index is 1.33. The van der Waals surface area contributed by atoms with E-state index < -0.39 is 17.7 Å². The molecule has 0 radical (unpaired) electrons. The molecule has 2 aliphatic heterocycles. The van der Waals surface area contributed by atoms with Gasteiger partial charge in [0.2, 0.25) is 11.9 Å². The van der Waals surface area contributed by atoms with Crippen LogP contribution < -0.4 is 15.8 Å². The number of rotatable bonds is 4. The van der Waals surface area contributed by atoms with Crippen LogP contribution in [0.15, 0.2) is 24.7 Å². The van der Waals surface area contributed by atoms with Gasteiger partial charge in [-0.3, -0.25) is 9.48 Å². The lowest BCUT2D eigenvalue weighted by Gasteiger charge is -2.41. The van der Waals surface area contributed by atoms with Crippen molar-refractivity contribution in [3.8, 4) is 0 Å². The van der Waals surface area contributed by atoms with E-state index >= 15 is 0 Å². The minimum Gasteiger partial charge on any atom is -0.352 e. The topological polar surface area (TPSA) is 96.4 Å². The normalized spacial score (nSPS) is 27.2. The number of amides is 1. The standard InChI is InChI=1S/C18H22F2N8O/c1-25-8-13(7-23-25)28(21)17-22-5-4-15(24-17)26-9-11-2-3-12(10-26)27(11)16(29)14-6-18(14,19)20/h4-5,7-8,11-12,14H,2-3,6,9-10,21H2,1H3/t11-,12?,14-/m0/s1. The van der Waals surface area contributed by atoms with Gasteiger partial charge >= 0.3 is 0 Å². The van der Waals surface area contributed by atoms with Crippen molar-refractivity contribution in [2.24, 2.45) is 18.8 Å². The second-order valence-corrected chi connectivity index (χ2v) is 8.01. The Kier molecular flexibility index (Phi) is 3.99. The third kappa shape index (κ3) is 3.09. The van der Waals surface area contributed by atoms with Crippen LogP contribution in [0.3, 0.4) is 0 Å². The van der Waals surface area contributed by atoms with E-state index in [1.165, 1.54) is 5.01 Å². The highest BCUT2D eigenvalue weighted by molar-refractivity contribution is 5.84. The number of alkyl halides is 2. The van der Waals surface area contributed by atoms with E-state index in [-0.39, 0.29) is 18.5 Å². The van der Waals surface area contributed by atoms with Gasteiger partial charge in [-0.05, 0) is 18.9 Å². The predicted molar refractivity (Wildman–Crippen MR) is 100 cm³/mol. The second-order valence-electron chi connectivity index (χ2n) is 8.01. The van der Waals surface area contributed by atoms with Crippen LogP contribution >= 0.6 is 0 Å². The zero-order valence-corrected chi connectivity index (χ0v) is 15.9. The molecule has 0 spiro atoms. The molecular weight excluding hydrogens is 382 g/mol. The number of carbonyl (C=O) groups is 1. The highest BCUT2D eigenvalue weighted by atomic mass is 19.3. The molecule has 2 bridgehead atoms. The number of aromatic nitrogens is 4. The average Bonchev–Trinajstić information content (AvgIpc) is 3.00. The first-order valence-corrected chi connectivity index (χ1v) is 9.65. The maximum atomic E-state index is 13.4. The van der Waals surface area contributed by atoms with Crippen molar-refractivity contribution in [1.29, 1.82) is 0 Å². The van der Waals surface area contributed by atoms with E-state index in [1.807, 2.05) is 0 Å². The van der Waals surface area contributed by atoms with Gasteiger partial charge in [0.25, 0.3) is 5.92 Å². The fraction of sp³-hybridized carbons (Fsp3) is 0.556. The number of fused-ring (bicyclic) bond motifs is 2. The van der Waals surface area contributed by atoms with Crippen LogP contribution in [0.2, 0.25) is 0 Å². The van der Waals surface area contributed by atoms with E-state index in [9.17, 15) is 13.6 Å². The zero-order chi connectivity index (χ0) is 20.3. The molecule has 1 unspecified atom stereocenters. The Labute approximate surface area is 166 Å². The van der Waals surface area contributed by atoms with Gasteiger partial charge in [-0.15, -0.1) is 0 Å². The molecule has 0 aromatic carbocycles. The molecule has 3 aliphatic rings. The third-order valence-corrected chi connectivity index (χ3v) is 6.00. The van der Waals surface area contributed by atoms with Crippen molar-refractivity contribution in [3.63, 3.8) is 0 Å². The molecule has 2 N–H and O–H groups in total. The number of halogens is 2. The van der Waals surface area contributed by atoms with Gasteiger partial charge in [0.05, 0.1) is 11.9 Å². The number of carbonyl (C=O) groups excluding carboxylic acids is 1. The first kappa shape index (κ1) is 18.2. The van der Waals surface area contributed by atoms with Crippen LogP contribution in [0, 0.1) is 5.92 Å². The molecule has 1 amide bonds.